The van der Waals surface area contributed by atoms with E-state index in [0.29, 0.717) is 47.6 Å². The Morgan fingerprint density at radius 2 is 2.03 bits per heavy atom. The Hall–Kier alpha value is -3.14. The second-order valence-corrected chi connectivity index (χ2v) is 8.34. The van der Waals surface area contributed by atoms with Crippen LogP contribution in [0.5, 0.6) is 0 Å². The first-order valence-corrected chi connectivity index (χ1v) is 11.4. The molecule has 170 valence electrons. The summed E-state index contributed by atoms with van der Waals surface area (Å²) in [6, 6.07) is 4.79. The molecule has 0 saturated carbocycles. The van der Waals surface area contributed by atoms with Crippen molar-refractivity contribution in [1.29, 1.82) is 0 Å². The van der Waals surface area contributed by atoms with Crippen molar-refractivity contribution in [2.24, 2.45) is 11.7 Å². The largest absolute Gasteiger partial charge is 0.465 e. The van der Waals surface area contributed by atoms with Crippen molar-refractivity contribution in [3.05, 3.63) is 46.8 Å². The van der Waals surface area contributed by atoms with Gasteiger partial charge in [-0.1, -0.05) is 17.8 Å². The molecular formula is C22H26N4O5S. The molecule has 1 aromatic carbocycles. The minimum atomic E-state index is -0.403. The summed E-state index contributed by atoms with van der Waals surface area (Å²) in [5, 5.41) is 0.721. The van der Waals surface area contributed by atoms with E-state index in [1.165, 1.54) is 4.57 Å². The van der Waals surface area contributed by atoms with Gasteiger partial charge in [0.05, 0.1) is 23.3 Å². The molecule has 0 radical (unpaired) electrons. The molecule has 0 unspecified atom stereocenters. The molecular weight excluding hydrogens is 432 g/mol. The van der Waals surface area contributed by atoms with Crippen LogP contribution >= 0.6 is 11.8 Å². The van der Waals surface area contributed by atoms with Crippen molar-refractivity contribution >= 4 is 40.4 Å². The number of piperidine rings is 1. The molecule has 0 atom stereocenters. The molecule has 32 heavy (non-hydrogen) atoms. The number of hydrogen-bond acceptors (Lipinski definition) is 7. The lowest BCUT2D eigenvalue weighted by atomic mass is 9.96. The first kappa shape index (κ1) is 23.5. The molecule has 2 heterocycles. The van der Waals surface area contributed by atoms with Crippen molar-refractivity contribution in [2.75, 3.05) is 25.4 Å². The smallest absolute Gasteiger partial charge is 0.316 e. The van der Waals surface area contributed by atoms with E-state index >= 15 is 0 Å². The molecule has 2 aromatic rings. The van der Waals surface area contributed by atoms with Crippen LogP contribution in [0.25, 0.3) is 10.9 Å². The molecule has 3 rings (SSSR count). The minimum absolute atomic E-state index is 0.0103. The van der Waals surface area contributed by atoms with Gasteiger partial charge in [-0.3, -0.25) is 23.7 Å². The third-order valence-corrected chi connectivity index (χ3v) is 6.24. The molecule has 1 saturated heterocycles. The number of ether oxygens (including phenoxy) is 1. The highest BCUT2D eigenvalue weighted by Crippen LogP contribution is 2.22. The molecule has 2 N–H and O–H groups in total. The Labute approximate surface area is 189 Å². The summed E-state index contributed by atoms with van der Waals surface area (Å²) in [5.74, 6) is -1.13. The monoisotopic (exact) mass is 458 g/mol. The zero-order chi connectivity index (χ0) is 23.3. The Bertz CT molecular complexity index is 1110. The second kappa shape index (κ2) is 10.4. The van der Waals surface area contributed by atoms with Crippen LogP contribution in [-0.2, 0) is 20.9 Å². The number of likely N-dealkylation sites (tertiary alicyclic amines) is 1. The van der Waals surface area contributed by atoms with Gasteiger partial charge in [-0.25, -0.2) is 4.98 Å². The first-order chi connectivity index (χ1) is 15.3. The number of fused-ring (bicyclic) bond motifs is 1. The van der Waals surface area contributed by atoms with E-state index in [1.807, 2.05) is 0 Å². The van der Waals surface area contributed by atoms with E-state index in [1.54, 1.807) is 36.1 Å². The van der Waals surface area contributed by atoms with E-state index in [-0.39, 0.29) is 42.2 Å². The molecule has 1 aliphatic rings. The fraction of sp³-hybridized carbons (Fsp3) is 0.409. The number of carbonyl (C=O) groups is 3. The van der Waals surface area contributed by atoms with Gasteiger partial charge in [0, 0.05) is 31.1 Å². The molecule has 1 fully saturated rings. The number of nitrogens with zero attached hydrogens (tertiary/aromatic N) is 3. The molecule has 9 nitrogen and oxygen atoms in total. The van der Waals surface area contributed by atoms with E-state index in [2.05, 4.69) is 11.6 Å². The average Bonchev–Trinajstić information content (AvgIpc) is 2.79. The Morgan fingerprint density at radius 1 is 1.31 bits per heavy atom. The van der Waals surface area contributed by atoms with Crippen LogP contribution in [0, 0.1) is 5.92 Å². The number of esters is 1. The van der Waals surface area contributed by atoms with Crippen LogP contribution in [0.3, 0.4) is 0 Å². The van der Waals surface area contributed by atoms with Gasteiger partial charge < -0.3 is 15.4 Å². The number of rotatable bonds is 8. The standard InChI is InChI=1S/C22H26N4O5S/c1-3-9-26-21(30)16-6-5-15(20(29)25-10-7-14(8-11-25)19(23)28)12-17(16)24-22(26)32-13-18(27)31-4-2/h3,5-6,12,14H,1,4,7-11,13H2,2H3,(H2,23,28). The minimum Gasteiger partial charge on any atom is -0.465 e. The van der Waals surface area contributed by atoms with Crippen molar-refractivity contribution in [1.82, 2.24) is 14.5 Å². The first-order valence-electron chi connectivity index (χ1n) is 10.4. The molecule has 1 aliphatic heterocycles. The number of allylic oxidation sites excluding steroid dienone is 1. The number of nitrogens with two attached hydrogens (primary N) is 1. The van der Waals surface area contributed by atoms with Crippen molar-refractivity contribution in [3.63, 3.8) is 0 Å². The van der Waals surface area contributed by atoms with Crippen LogP contribution in [0.1, 0.15) is 30.1 Å². The maximum Gasteiger partial charge on any atom is 0.316 e. The number of thioether (sulfide) groups is 1. The predicted molar refractivity (Wildman–Crippen MR) is 121 cm³/mol. The number of aromatic nitrogens is 2. The summed E-state index contributed by atoms with van der Waals surface area (Å²) in [7, 11) is 0. The summed E-state index contributed by atoms with van der Waals surface area (Å²) in [5.41, 5.74) is 5.87. The molecule has 0 bridgehead atoms. The lowest BCUT2D eigenvalue weighted by Crippen LogP contribution is -2.41. The number of amides is 2. The van der Waals surface area contributed by atoms with Gasteiger partial charge in [-0.2, -0.15) is 0 Å². The van der Waals surface area contributed by atoms with Gasteiger partial charge in [-0.15, -0.1) is 6.58 Å². The van der Waals surface area contributed by atoms with Gasteiger partial charge in [-0.05, 0) is 38.0 Å². The number of hydrogen-bond donors (Lipinski definition) is 1. The van der Waals surface area contributed by atoms with Gasteiger partial charge in [0.2, 0.25) is 5.91 Å². The fourth-order valence-corrected chi connectivity index (χ4v) is 4.42. The fourth-order valence-electron chi connectivity index (χ4n) is 3.61. The van der Waals surface area contributed by atoms with Crippen LogP contribution in [-0.4, -0.2) is 57.7 Å². The van der Waals surface area contributed by atoms with Crippen molar-refractivity contribution in [2.45, 2.75) is 31.5 Å². The normalized spacial score (nSPS) is 14.3. The zero-order valence-corrected chi connectivity index (χ0v) is 18.7. The molecule has 0 spiro atoms. The molecule has 10 heteroatoms. The van der Waals surface area contributed by atoms with E-state index in [9.17, 15) is 19.2 Å². The molecule has 1 aromatic heterocycles. The van der Waals surface area contributed by atoms with Crippen LogP contribution in [0.15, 0.2) is 40.8 Å². The highest BCUT2D eigenvalue weighted by atomic mass is 32.2. The Kier molecular flexibility index (Phi) is 7.68. The number of carbonyl (C=O) groups excluding carboxylic acids is 3. The quantitative estimate of drug-likeness (QED) is 0.276. The third kappa shape index (κ3) is 5.18. The van der Waals surface area contributed by atoms with Crippen LogP contribution in [0.4, 0.5) is 0 Å². The SMILES string of the molecule is C=CCn1c(SCC(=O)OCC)nc2cc(C(=O)N3CCC(C(N)=O)CC3)ccc2c1=O. The van der Waals surface area contributed by atoms with E-state index in [0.717, 1.165) is 11.8 Å². The number of benzene rings is 1. The Balaban J connectivity index is 1.89. The summed E-state index contributed by atoms with van der Waals surface area (Å²) >= 11 is 1.10. The van der Waals surface area contributed by atoms with E-state index in [4.69, 9.17) is 10.5 Å². The number of primary amides is 1. The predicted octanol–water partition coefficient (Wildman–Crippen LogP) is 1.58. The third-order valence-electron chi connectivity index (χ3n) is 5.29. The second-order valence-electron chi connectivity index (χ2n) is 7.39. The maximum absolute atomic E-state index is 13.0. The summed E-state index contributed by atoms with van der Waals surface area (Å²) in [6.45, 7) is 6.80. The van der Waals surface area contributed by atoms with Crippen LogP contribution in [0.2, 0.25) is 0 Å². The van der Waals surface area contributed by atoms with Crippen molar-refractivity contribution < 1.29 is 19.1 Å². The van der Waals surface area contributed by atoms with Crippen LogP contribution < -0.4 is 11.3 Å². The van der Waals surface area contributed by atoms with Gasteiger partial charge in [0.15, 0.2) is 5.16 Å². The van der Waals surface area contributed by atoms with Gasteiger partial charge >= 0.3 is 5.97 Å². The summed E-state index contributed by atoms with van der Waals surface area (Å²) < 4.78 is 6.39. The lowest BCUT2D eigenvalue weighted by molar-refractivity contribution is -0.139. The van der Waals surface area contributed by atoms with Crippen molar-refractivity contribution in [3.8, 4) is 0 Å². The highest BCUT2D eigenvalue weighted by molar-refractivity contribution is 7.99. The van der Waals surface area contributed by atoms with Gasteiger partial charge in [0.25, 0.3) is 11.5 Å². The summed E-state index contributed by atoms with van der Waals surface area (Å²) in [4.78, 5) is 55.3. The Morgan fingerprint density at radius 3 is 2.66 bits per heavy atom. The highest BCUT2D eigenvalue weighted by Gasteiger charge is 2.27. The zero-order valence-electron chi connectivity index (χ0n) is 17.9. The van der Waals surface area contributed by atoms with E-state index < -0.39 is 5.97 Å². The molecule has 2 amide bonds. The summed E-state index contributed by atoms with van der Waals surface area (Å²) in [6.07, 6.45) is 2.65. The topological polar surface area (TPSA) is 125 Å². The average molecular weight is 459 g/mol. The lowest BCUT2D eigenvalue weighted by Gasteiger charge is -2.30. The maximum atomic E-state index is 13.0. The molecule has 0 aliphatic carbocycles. The van der Waals surface area contributed by atoms with Gasteiger partial charge in [0.1, 0.15) is 0 Å².